The van der Waals surface area contributed by atoms with Crippen molar-refractivity contribution in [2.24, 2.45) is 0 Å². The number of nitrogens with zero attached hydrogens (tertiary/aromatic N) is 3. The molecular weight excluding hydrogens is 293 g/mol. The van der Waals surface area contributed by atoms with Gasteiger partial charge in [-0.3, -0.25) is 0 Å². The standard InChI is InChI=1S/C9H8IN3O/c10-7-2-1-3-8(4-7)13-9(6-14)5-11-12-13/h1-5,14H,6H2. The first-order valence-corrected chi connectivity index (χ1v) is 5.15. The van der Waals surface area contributed by atoms with E-state index >= 15 is 0 Å². The van der Waals surface area contributed by atoms with Gasteiger partial charge in [0, 0.05) is 3.57 Å². The summed E-state index contributed by atoms with van der Waals surface area (Å²) in [7, 11) is 0. The third-order valence-corrected chi connectivity index (χ3v) is 2.51. The van der Waals surface area contributed by atoms with Gasteiger partial charge in [0.05, 0.1) is 24.2 Å². The van der Waals surface area contributed by atoms with Crippen molar-refractivity contribution in [3.8, 4) is 5.69 Å². The number of aliphatic hydroxyl groups is 1. The third kappa shape index (κ3) is 1.78. The minimum absolute atomic E-state index is 0.0571. The molecule has 4 nitrogen and oxygen atoms in total. The Morgan fingerprint density at radius 1 is 1.43 bits per heavy atom. The lowest BCUT2D eigenvalue weighted by molar-refractivity contribution is 0.273. The van der Waals surface area contributed by atoms with Gasteiger partial charge in [0.25, 0.3) is 0 Å². The molecule has 0 fully saturated rings. The summed E-state index contributed by atoms with van der Waals surface area (Å²) < 4.78 is 2.75. The second-order valence-corrected chi connectivity index (χ2v) is 4.02. The Morgan fingerprint density at radius 3 is 3.00 bits per heavy atom. The van der Waals surface area contributed by atoms with Crippen LogP contribution in [0.1, 0.15) is 5.69 Å². The molecule has 14 heavy (non-hydrogen) atoms. The zero-order valence-corrected chi connectivity index (χ0v) is 9.42. The molecule has 0 atom stereocenters. The molecule has 5 heteroatoms. The van der Waals surface area contributed by atoms with E-state index in [2.05, 4.69) is 32.9 Å². The minimum atomic E-state index is -0.0571. The lowest BCUT2D eigenvalue weighted by Crippen LogP contribution is -2.02. The summed E-state index contributed by atoms with van der Waals surface area (Å²) in [5, 5.41) is 16.7. The smallest absolute Gasteiger partial charge is 0.0900 e. The molecule has 0 saturated carbocycles. The molecule has 0 bridgehead atoms. The van der Waals surface area contributed by atoms with Gasteiger partial charge in [0.1, 0.15) is 0 Å². The van der Waals surface area contributed by atoms with Gasteiger partial charge in [-0.05, 0) is 40.8 Å². The Bertz CT molecular complexity index is 441. The lowest BCUT2D eigenvalue weighted by atomic mass is 10.3. The van der Waals surface area contributed by atoms with E-state index in [0.29, 0.717) is 5.69 Å². The van der Waals surface area contributed by atoms with Crippen LogP contribution in [0.25, 0.3) is 5.69 Å². The molecule has 0 amide bonds. The van der Waals surface area contributed by atoms with Crippen molar-refractivity contribution >= 4 is 22.6 Å². The Kier molecular flexibility index (Phi) is 2.78. The van der Waals surface area contributed by atoms with Gasteiger partial charge in [0.2, 0.25) is 0 Å². The van der Waals surface area contributed by atoms with Gasteiger partial charge < -0.3 is 5.11 Å². The van der Waals surface area contributed by atoms with Gasteiger partial charge in [-0.2, -0.15) is 0 Å². The van der Waals surface area contributed by atoms with E-state index in [1.165, 1.54) is 0 Å². The van der Waals surface area contributed by atoms with Gasteiger partial charge in [-0.15, -0.1) is 5.10 Å². The maximum absolute atomic E-state index is 9.04. The third-order valence-electron chi connectivity index (χ3n) is 1.83. The minimum Gasteiger partial charge on any atom is -0.390 e. The average molecular weight is 301 g/mol. The van der Waals surface area contributed by atoms with E-state index in [1.54, 1.807) is 10.9 Å². The predicted octanol–water partition coefficient (Wildman–Crippen LogP) is 1.36. The number of aromatic nitrogens is 3. The number of hydrogen-bond donors (Lipinski definition) is 1. The summed E-state index contributed by atoms with van der Waals surface area (Å²) in [6.45, 7) is -0.0571. The lowest BCUT2D eigenvalue weighted by Gasteiger charge is -2.03. The maximum Gasteiger partial charge on any atom is 0.0900 e. The van der Waals surface area contributed by atoms with E-state index in [0.717, 1.165) is 9.26 Å². The van der Waals surface area contributed by atoms with Gasteiger partial charge in [0.15, 0.2) is 0 Å². The molecule has 1 heterocycles. The Hall–Kier alpha value is -0.950. The fourth-order valence-electron chi connectivity index (χ4n) is 1.19. The van der Waals surface area contributed by atoms with Gasteiger partial charge in [-0.25, -0.2) is 4.68 Å². The van der Waals surface area contributed by atoms with Crippen LogP contribution >= 0.6 is 22.6 Å². The largest absolute Gasteiger partial charge is 0.390 e. The van der Waals surface area contributed by atoms with Crippen LogP contribution in [0.3, 0.4) is 0 Å². The second-order valence-electron chi connectivity index (χ2n) is 2.78. The van der Waals surface area contributed by atoms with E-state index in [1.807, 2.05) is 24.3 Å². The topological polar surface area (TPSA) is 50.9 Å². The van der Waals surface area contributed by atoms with Crippen LogP contribution in [0.2, 0.25) is 0 Å². The summed E-state index contributed by atoms with van der Waals surface area (Å²) in [6, 6.07) is 7.85. The van der Waals surface area contributed by atoms with Crippen molar-refractivity contribution in [2.75, 3.05) is 0 Å². The molecule has 0 aliphatic carbocycles. The van der Waals surface area contributed by atoms with E-state index in [9.17, 15) is 0 Å². The van der Waals surface area contributed by atoms with Crippen molar-refractivity contribution in [1.82, 2.24) is 15.0 Å². The SMILES string of the molecule is OCc1cnnn1-c1cccc(I)c1. The average Bonchev–Trinajstić information content (AvgIpc) is 2.65. The van der Waals surface area contributed by atoms with Crippen molar-refractivity contribution in [2.45, 2.75) is 6.61 Å². The van der Waals surface area contributed by atoms with Crippen LogP contribution in [0.15, 0.2) is 30.5 Å². The predicted molar refractivity (Wildman–Crippen MR) is 60.0 cm³/mol. The highest BCUT2D eigenvalue weighted by Crippen LogP contribution is 2.13. The molecule has 0 spiro atoms. The molecule has 0 unspecified atom stereocenters. The number of halogens is 1. The molecule has 0 saturated heterocycles. The van der Waals surface area contributed by atoms with E-state index in [-0.39, 0.29) is 6.61 Å². The van der Waals surface area contributed by atoms with Crippen LogP contribution in [0.4, 0.5) is 0 Å². The highest BCUT2D eigenvalue weighted by Gasteiger charge is 2.04. The number of benzene rings is 1. The molecule has 1 aromatic carbocycles. The number of rotatable bonds is 2. The van der Waals surface area contributed by atoms with E-state index in [4.69, 9.17) is 5.11 Å². The summed E-state index contributed by atoms with van der Waals surface area (Å²) in [4.78, 5) is 0. The summed E-state index contributed by atoms with van der Waals surface area (Å²) >= 11 is 2.23. The first kappa shape index (κ1) is 9.60. The van der Waals surface area contributed by atoms with E-state index < -0.39 is 0 Å². The zero-order chi connectivity index (χ0) is 9.97. The number of hydrogen-bond acceptors (Lipinski definition) is 3. The van der Waals surface area contributed by atoms with Crippen molar-refractivity contribution in [1.29, 1.82) is 0 Å². The Labute approximate surface area is 94.7 Å². The quantitative estimate of drug-likeness (QED) is 0.852. The molecule has 72 valence electrons. The molecule has 0 radical (unpaired) electrons. The van der Waals surface area contributed by atoms with Crippen molar-refractivity contribution in [3.63, 3.8) is 0 Å². The molecule has 2 aromatic rings. The van der Waals surface area contributed by atoms with Crippen LogP contribution in [-0.4, -0.2) is 20.1 Å². The summed E-state index contributed by atoms with van der Waals surface area (Å²) in [5.74, 6) is 0. The molecule has 0 aliphatic heterocycles. The normalized spacial score (nSPS) is 10.4. The fraction of sp³-hybridized carbons (Fsp3) is 0.111. The highest BCUT2D eigenvalue weighted by atomic mass is 127. The Morgan fingerprint density at radius 2 is 2.29 bits per heavy atom. The second kappa shape index (κ2) is 4.05. The molecule has 2 rings (SSSR count). The molecular formula is C9H8IN3O. The van der Waals surface area contributed by atoms with Crippen LogP contribution < -0.4 is 0 Å². The fourth-order valence-corrected chi connectivity index (χ4v) is 1.72. The summed E-state index contributed by atoms with van der Waals surface area (Å²) in [6.07, 6.45) is 1.56. The summed E-state index contributed by atoms with van der Waals surface area (Å²) in [5.41, 5.74) is 1.60. The maximum atomic E-state index is 9.04. The molecule has 1 aromatic heterocycles. The Balaban J connectivity index is 2.49. The molecule has 0 aliphatic rings. The first-order valence-electron chi connectivity index (χ1n) is 4.07. The van der Waals surface area contributed by atoms with Crippen molar-refractivity contribution in [3.05, 3.63) is 39.7 Å². The van der Waals surface area contributed by atoms with Gasteiger partial charge in [-0.1, -0.05) is 11.3 Å². The van der Waals surface area contributed by atoms with Crippen LogP contribution in [-0.2, 0) is 6.61 Å². The van der Waals surface area contributed by atoms with Gasteiger partial charge >= 0.3 is 0 Å². The van der Waals surface area contributed by atoms with Crippen LogP contribution in [0.5, 0.6) is 0 Å². The zero-order valence-electron chi connectivity index (χ0n) is 7.26. The number of aliphatic hydroxyl groups excluding tert-OH is 1. The van der Waals surface area contributed by atoms with Crippen LogP contribution in [0, 0.1) is 3.57 Å². The highest BCUT2D eigenvalue weighted by molar-refractivity contribution is 14.1. The first-order chi connectivity index (χ1) is 6.81. The van der Waals surface area contributed by atoms with Crippen molar-refractivity contribution < 1.29 is 5.11 Å². The monoisotopic (exact) mass is 301 g/mol. The molecule has 1 N–H and O–H groups in total.